The molecule has 1 aromatic carbocycles. The normalized spacial score (nSPS) is 9.93. The summed E-state index contributed by atoms with van der Waals surface area (Å²) in [5.41, 5.74) is -0.470. The van der Waals surface area contributed by atoms with Crippen molar-refractivity contribution in [1.82, 2.24) is 0 Å². The van der Waals surface area contributed by atoms with E-state index in [1.54, 1.807) is 0 Å². The van der Waals surface area contributed by atoms with E-state index in [1.807, 2.05) is 0 Å². The Labute approximate surface area is 90.4 Å². The van der Waals surface area contributed by atoms with Gasteiger partial charge in [-0.05, 0) is 17.6 Å². The molecule has 80 valence electrons. The van der Waals surface area contributed by atoms with Crippen LogP contribution in [0.15, 0.2) is 12.1 Å². The Morgan fingerprint density at radius 3 is 2.60 bits per heavy atom. The summed E-state index contributed by atoms with van der Waals surface area (Å²) in [5, 5.41) is 17.5. The quantitative estimate of drug-likeness (QED) is 0.554. The lowest BCUT2D eigenvalue weighted by Crippen LogP contribution is -2.35. The molecule has 4 nitrogen and oxygen atoms in total. The van der Waals surface area contributed by atoms with Crippen molar-refractivity contribution in [3.63, 3.8) is 0 Å². The van der Waals surface area contributed by atoms with Gasteiger partial charge in [-0.15, -0.1) is 0 Å². The Morgan fingerprint density at radius 1 is 1.53 bits per heavy atom. The first-order chi connectivity index (χ1) is 6.97. The summed E-state index contributed by atoms with van der Waals surface area (Å²) in [6.07, 6.45) is 0. The fourth-order valence-electron chi connectivity index (χ4n) is 1.06. The van der Waals surface area contributed by atoms with E-state index in [2.05, 4.69) is 4.74 Å². The summed E-state index contributed by atoms with van der Waals surface area (Å²) in [7, 11) is -0.849. The Hall–Kier alpha value is -1.11. The minimum atomic E-state index is -1.97. The first-order valence-corrected chi connectivity index (χ1v) is 4.28. The van der Waals surface area contributed by atoms with Gasteiger partial charge >= 0.3 is 13.1 Å². The first-order valence-electron chi connectivity index (χ1n) is 3.90. The zero-order valence-electron chi connectivity index (χ0n) is 7.70. The highest BCUT2D eigenvalue weighted by molar-refractivity contribution is 6.60. The van der Waals surface area contributed by atoms with Crippen molar-refractivity contribution >= 4 is 30.2 Å². The number of methoxy groups -OCH3 is 1. The molecule has 0 aliphatic rings. The van der Waals surface area contributed by atoms with E-state index in [0.29, 0.717) is 0 Å². The molecule has 0 heterocycles. The van der Waals surface area contributed by atoms with Gasteiger partial charge in [0.1, 0.15) is 5.82 Å². The number of rotatable bonds is 2. The van der Waals surface area contributed by atoms with Crippen LogP contribution in [0, 0.1) is 5.82 Å². The van der Waals surface area contributed by atoms with Crippen LogP contribution in [0.5, 0.6) is 0 Å². The lowest BCUT2D eigenvalue weighted by Gasteiger charge is -2.07. The number of carbonyl (C=O) groups is 1. The molecule has 1 aromatic rings. The van der Waals surface area contributed by atoms with Gasteiger partial charge in [0, 0.05) is 0 Å². The summed E-state index contributed by atoms with van der Waals surface area (Å²) in [4.78, 5) is 11.2. The molecule has 0 unspecified atom stereocenters. The largest absolute Gasteiger partial charge is 0.489 e. The van der Waals surface area contributed by atoms with Crippen molar-refractivity contribution < 1.29 is 24.0 Å². The first kappa shape index (κ1) is 12.0. The third-order valence-corrected chi connectivity index (χ3v) is 2.07. The van der Waals surface area contributed by atoms with Crippen molar-refractivity contribution in [3.8, 4) is 0 Å². The Balaban J connectivity index is 3.34. The standard InChI is InChI=1S/C8H7BClFO4/c1-15-8(12)4-2-6(10)7(11)3-5(4)9(13)14/h2-3,13-14H,1H3. The van der Waals surface area contributed by atoms with Gasteiger partial charge in [-0.2, -0.15) is 0 Å². The van der Waals surface area contributed by atoms with E-state index < -0.39 is 18.9 Å². The van der Waals surface area contributed by atoms with Gasteiger partial charge in [0.15, 0.2) is 0 Å². The van der Waals surface area contributed by atoms with E-state index in [0.717, 1.165) is 19.2 Å². The van der Waals surface area contributed by atoms with Gasteiger partial charge in [-0.1, -0.05) is 11.6 Å². The molecule has 0 fully saturated rings. The van der Waals surface area contributed by atoms with Crippen molar-refractivity contribution in [2.75, 3.05) is 7.11 Å². The third-order valence-electron chi connectivity index (χ3n) is 1.78. The molecule has 0 atom stereocenters. The summed E-state index contributed by atoms with van der Waals surface area (Å²) in [6.45, 7) is 0. The van der Waals surface area contributed by atoms with Crippen LogP contribution < -0.4 is 5.46 Å². The van der Waals surface area contributed by atoms with Crippen LogP contribution in [-0.2, 0) is 4.74 Å². The van der Waals surface area contributed by atoms with Gasteiger partial charge in [0.2, 0.25) is 0 Å². The fourth-order valence-corrected chi connectivity index (χ4v) is 1.23. The predicted molar refractivity (Wildman–Crippen MR) is 52.6 cm³/mol. The second-order valence-electron chi connectivity index (χ2n) is 2.72. The minimum absolute atomic E-state index is 0.182. The Bertz CT molecular complexity index is 396. The summed E-state index contributed by atoms with van der Waals surface area (Å²) in [5.74, 6) is -1.66. The molecule has 0 aliphatic heterocycles. The average molecular weight is 232 g/mol. The van der Waals surface area contributed by atoms with E-state index in [4.69, 9.17) is 21.6 Å². The van der Waals surface area contributed by atoms with Crippen LogP contribution >= 0.6 is 11.6 Å². The van der Waals surface area contributed by atoms with Crippen LogP contribution in [0.3, 0.4) is 0 Å². The van der Waals surface area contributed by atoms with Crippen LogP contribution in [0.2, 0.25) is 5.02 Å². The van der Waals surface area contributed by atoms with Gasteiger partial charge in [-0.3, -0.25) is 0 Å². The minimum Gasteiger partial charge on any atom is -0.465 e. The maximum Gasteiger partial charge on any atom is 0.489 e. The van der Waals surface area contributed by atoms with Gasteiger partial charge < -0.3 is 14.8 Å². The number of halogens is 2. The Kier molecular flexibility index (Phi) is 3.68. The number of hydrogen-bond acceptors (Lipinski definition) is 4. The van der Waals surface area contributed by atoms with E-state index >= 15 is 0 Å². The molecule has 0 spiro atoms. The second-order valence-corrected chi connectivity index (χ2v) is 3.13. The maximum atomic E-state index is 13.0. The second kappa shape index (κ2) is 4.61. The van der Waals surface area contributed by atoms with Crippen molar-refractivity contribution in [3.05, 3.63) is 28.5 Å². The van der Waals surface area contributed by atoms with Crippen molar-refractivity contribution in [1.29, 1.82) is 0 Å². The number of hydrogen-bond donors (Lipinski definition) is 2. The number of esters is 1. The van der Waals surface area contributed by atoms with E-state index in [9.17, 15) is 9.18 Å². The molecule has 7 heteroatoms. The van der Waals surface area contributed by atoms with Gasteiger partial charge in [0.25, 0.3) is 0 Å². The van der Waals surface area contributed by atoms with Crippen LogP contribution in [0.4, 0.5) is 4.39 Å². The highest BCUT2D eigenvalue weighted by atomic mass is 35.5. The summed E-state index contributed by atoms with van der Waals surface area (Å²) < 4.78 is 17.4. The molecule has 0 aromatic heterocycles. The molecule has 0 amide bonds. The van der Waals surface area contributed by atoms with Gasteiger partial charge in [-0.25, -0.2) is 9.18 Å². The maximum absolute atomic E-state index is 13.0. The number of benzene rings is 1. The predicted octanol–water partition coefficient (Wildman–Crippen LogP) is -0.0545. The molecule has 1 rings (SSSR count). The topological polar surface area (TPSA) is 66.8 Å². The van der Waals surface area contributed by atoms with Crippen molar-refractivity contribution in [2.24, 2.45) is 0 Å². The molecule has 0 bridgehead atoms. The van der Waals surface area contributed by atoms with Crippen LogP contribution in [0.25, 0.3) is 0 Å². The summed E-state index contributed by atoms with van der Waals surface area (Å²) >= 11 is 5.45. The molecular formula is C8H7BClFO4. The van der Waals surface area contributed by atoms with Crippen molar-refractivity contribution in [2.45, 2.75) is 0 Å². The monoisotopic (exact) mass is 232 g/mol. The SMILES string of the molecule is COC(=O)c1cc(Cl)c(F)cc1B(O)O. The molecular weight excluding hydrogens is 225 g/mol. The summed E-state index contributed by atoms with van der Waals surface area (Å²) in [6, 6.07) is 1.76. The Morgan fingerprint density at radius 2 is 2.13 bits per heavy atom. The zero-order valence-corrected chi connectivity index (χ0v) is 8.45. The van der Waals surface area contributed by atoms with Crippen LogP contribution in [-0.4, -0.2) is 30.2 Å². The highest BCUT2D eigenvalue weighted by Gasteiger charge is 2.23. The molecule has 0 radical (unpaired) electrons. The molecule has 15 heavy (non-hydrogen) atoms. The fraction of sp³-hybridized carbons (Fsp3) is 0.125. The van der Waals surface area contributed by atoms with Crippen LogP contribution in [0.1, 0.15) is 10.4 Å². The average Bonchev–Trinajstić information content (AvgIpc) is 2.20. The van der Waals surface area contributed by atoms with E-state index in [-0.39, 0.29) is 16.0 Å². The molecule has 2 N–H and O–H groups in total. The lowest BCUT2D eigenvalue weighted by atomic mass is 9.77. The molecule has 0 saturated carbocycles. The van der Waals surface area contributed by atoms with E-state index in [1.165, 1.54) is 0 Å². The van der Waals surface area contributed by atoms with Gasteiger partial charge in [0.05, 0.1) is 17.7 Å². The smallest absolute Gasteiger partial charge is 0.465 e. The third kappa shape index (κ3) is 2.47. The zero-order chi connectivity index (χ0) is 11.6. The number of carbonyl (C=O) groups excluding carboxylic acids is 1. The molecule has 0 aliphatic carbocycles. The lowest BCUT2D eigenvalue weighted by molar-refractivity contribution is 0.0601. The highest BCUT2D eigenvalue weighted by Crippen LogP contribution is 2.15. The number of ether oxygens (including phenoxy) is 1. The molecule has 0 saturated heterocycles.